The molecule has 19 heavy (non-hydrogen) atoms. The molecule has 0 bridgehead atoms. The van der Waals surface area contributed by atoms with E-state index < -0.39 is 0 Å². The van der Waals surface area contributed by atoms with Gasteiger partial charge in [-0.3, -0.25) is 9.59 Å². The molecule has 1 aliphatic heterocycles. The van der Waals surface area contributed by atoms with E-state index in [2.05, 4.69) is 5.32 Å². The van der Waals surface area contributed by atoms with Gasteiger partial charge in [0.05, 0.1) is 5.75 Å². The molecule has 0 atom stereocenters. The van der Waals surface area contributed by atoms with E-state index in [0.717, 1.165) is 36.5 Å². The Balaban J connectivity index is 1.82. The third kappa shape index (κ3) is 4.28. The molecule has 1 N–H and O–H groups in total. The molecule has 0 radical (unpaired) electrons. The zero-order valence-corrected chi connectivity index (χ0v) is 11.8. The number of carbonyl (C=O) groups is 2. The summed E-state index contributed by atoms with van der Waals surface area (Å²) in [6.07, 6.45) is 2.25. The van der Waals surface area contributed by atoms with Gasteiger partial charge in [-0.25, -0.2) is 0 Å². The molecular formula is C14H18N2O2S. The van der Waals surface area contributed by atoms with Crippen LogP contribution in [0.4, 0.5) is 5.69 Å². The molecule has 2 amide bonds. The molecule has 4 nitrogen and oxygen atoms in total. The summed E-state index contributed by atoms with van der Waals surface area (Å²) in [7, 11) is 0. The first kappa shape index (κ1) is 13.9. The van der Waals surface area contributed by atoms with Crippen LogP contribution in [0.5, 0.6) is 0 Å². The van der Waals surface area contributed by atoms with Gasteiger partial charge in [0.15, 0.2) is 0 Å². The van der Waals surface area contributed by atoms with Crippen LogP contribution in [-0.4, -0.2) is 35.6 Å². The second-order valence-corrected chi connectivity index (χ2v) is 5.63. The molecule has 1 heterocycles. The molecule has 1 aromatic rings. The maximum atomic E-state index is 11.9. The maximum absolute atomic E-state index is 11.9. The molecule has 0 aromatic heterocycles. The Bertz CT molecular complexity index is 453. The molecule has 1 aromatic carbocycles. The van der Waals surface area contributed by atoms with Gasteiger partial charge in [0.25, 0.3) is 0 Å². The standard InChI is InChI=1S/C14H18N2O2S/c1-11(17)15-12-4-6-13(7-5-12)19-10-14(18)16-8-2-3-9-16/h4-7H,2-3,8-10H2,1H3,(H,15,17). The van der Waals surface area contributed by atoms with E-state index >= 15 is 0 Å². The van der Waals surface area contributed by atoms with E-state index in [9.17, 15) is 9.59 Å². The van der Waals surface area contributed by atoms with Crippen molar-refractivity contribution in [1.82, 2.24) is 4.90 Å². The minimum absolute atomic E-state index is 0.0791. The van der Waals surface area contributed by atoms with Gasteiger partial charge in [0.1, 0.15) is 0 Å². The highest BCUT2D eigenvalue weighted by molar-refractivity contribution is 8.00. The Morgan fingerprint density at radius 1 is 1.21 bits per heavy atom. The predicted molar refractivity (Wildman–Crippen MR) is 77.3 cm³/mol. The quantitative estimate of drug-likeness (QED) is 0.860. The van der Waals surface area contributed by atoms with Crippen LogP contribution in [-0.2, 0) is 9.59 Å². The summed E-state index contributed by atoms with van der Waals surface area (Å²) >= 11 is 1.54. The van der Waals surface area contributed by atoms with E-state index in [-0.39, 0.29) is 11.8 Å². The van der Waals surface area contributed by atoms with Crippen molar-refractivity contribution in [2.24, 2.45) is 0 Å². The summed E-state index contributed by atoms with van der Waals surface area (Å²) in [5, 5.41) is 2.72. The van der Waals surface area contributed by atoms with Crippen LogP contribution in [0, 0.1) is 0 Å². The lowest BCUT2D eigenvalue weighted by Crippen LogP contribution is -2.29. The Kier molecular flexibility index (Phi) is 4.85. The monoisotopic (exact) mass is 278 g/mol. The summed E-state index contributed by atoms with van der Waals surface area (Å²) < 4.78 is 0. The summed E-state index contributed by atoms with van der Waals surface area (Å²) in [6, 6.07) is 7.55. The number of nitrogens with one attached hydrogen (secondary N) is 1. The van der Waals surface area contributed by atoms with Crippen LogP contribution in [0.2, 0.25) is 0 Å². The number of hydrogen-bond acceptors (Lipinski definition) is 3. The molecule has 1 saturated heterocycles. The molecule has 0 aliphatic carbocycles. The molecule has 2 rings (SSSR count). The lowest BCUT2D eigenvalue weighted by atomic mass is 10.3. The van der Waals surface area contributed by atoms with Crippen molar-refractivity contribution in [2.45, 2.75) is 24.7 Å². The number of anilines is 1. The largest absolute Gasteiger partial charge is 0.342 e. The molecule has 0 saturated carbocycles. The van der Waals surface area contributed by atoms with E-state index in [1.54, 1.807) is 0 Å². The Labute approximate surface area is 117 Å². The summed E-state index contributed by atoms with van der Waals surface area (Å²) in [5.41, 5.74) is 0.780. The van der Waals surface area contributed by atoms with Gasteiger partial charge in [-0.2, -0.15) is 0 Å². The number of benzene rings is 1. The number of carbonyl (C=O) groups excluding carboxylic acids is 2. The number of likely N-dealkylation sites (tertiary alicyclic amines) is 1. The number of hydrogen-bond donors (Lipinski definition) is 1. The molecule has 102 valence electrons. The molecule has 1 fully saturated rings. The van der Waals surface area contributed by atoms with Gasteiger partial charge < -0.3 is 10.2 Å². The van der Waals surface area contributed by atoms with Gasteiger partial charge in [-0.05, 0) is 37.1 Å². The molecule has 5 heteroatoms. The van der Waals surface area contributed by atoms with Crippen LogP contribution in [0.3, 0.4) is 0 Å². The molecule has 0 spiro atoms. The number of amides is 2. The smallest absolute Gasteiger partial charge is 0.232 e. The van der Waals surface area contributed by atoms with E-state index in [1.165, 1.54) is 18.7 Å². The maximum Gasteiger partial charge on any atom is 0.232 e. The highest BCUT2D eigenvalue weighted by Crippen LogP contribution is 2.21. The van der Waals surface area contributed by atoms with Crippen molar-refractivity contribution in [3.8, 4) is 0 Å². The van der Waals surface area contributed by atoms with Crippen LogP contribution >= 0.6 is 11.8 Å². The van der Waals surface area contributed by atoms with Crippen molar-refractivity contribution < 1.29 is 9.59 Å². The fraction of sp³-hybridized carbons (Fsp3) is 0.429. The second kappa shape index (κ2) is 6.61. The van der Waals surface area contributed by atoms with Crippen molar-refractivity contribution >= 4 is 29.3 Å². The predicted octanol–water partition coefficient (Wildman–Crippen LogP) is 2.36. The molecule has 0 unspecified atom stereocenters. The van der Waals surface area contributed by atoms with Crippen LogP contribution in [0.1, 0.15) is 19.8 Å². The molecular weight excluding hydrogens is 260 g/mol. The fourth-order valence-corrected chi connectivity index (χ4v) is 2.84. The highest BCUT2D eigenvalue weighted by atomic mass is 32.2. The summed E-state index contributed by atoms with van der Waals surface area (Å²) in [4.78, 5) is 25.7. The van der Waals surface area contributed by atoms with E-state index in [0.29, 0.717) is 5.75 Å². The summed E-state index contributed by atoms with van der Waals surface area (Å²) in [5.74, 6) is 0.623. The summed E-state index contributed by atoms with van der Waals surface area (Å²) in [6.45, 7) is 3.29. The highest BCUT2D eigenvalue weighted by Gasteiger charge is 2.17. The lowest BCUT2D eigenvalue weighted by Gasteiger charge is -2.14. The molecule has 1 aliphatic rings. The van der Waals surface area contributed by atoms with Crippen LogP contribution in [0.15, 0.2) is 29.2 Å². The van der Waals surface area contributed by atoms with Gasteiger partial charge in [0, 0.05) is 30.6 Å². The van der Waals surface area contributed by atoms with Gasteiger partial charge >= 0.3 is 0 Å². The Morgan fingerprint density at radius 2 is 1.84 bits per heavy atom. The van der Waals surface area contributed by atoms with E-state index in [1.807, 2.05) is 29.2 Å². The van der Waals surface area contributed by atoms with Gasteiger partial charge in [-0.15, -0.1) is 11.8 Å². The van der Waals surface area contributed by atoms with Crippen LogP contribution in [0.25, 0.3) is 0 Å². The third-order valence-electron chi connectivity index (χ3n) is 3.00. The number of thioether (sulfide) groups is 1. The van der Waals surface area contributed by atoms with Gasteiger partial charge in [0.2, 0.25) is 11.8 Å². The average molecular weight is 278 g/mol. The zero-order chi connectivity index (χ0) is 13.7. The Morgan fingerprint density at radius 3 is 2.42 bits per heavy atom. The van der Waals surface area contributed by atoms with Crippen molar-refractivity contribution in [1.29, 1.82) is 0 Å². The topological polar surface area (TPSA) is 49.4 Å². The van der Waals surface area contributed by atoms with E-state index in [4.69, 9.17) is 0 Å². The minimum atomic E-state index is -0.0791. The zero-order valence-electron chi connectivity index (χ0n) is 11.0. The van der Waals surface area contributed by atoms with Crippen molar-refractivity contribution in [3.05, 3.63) is 24.3 Å². The van der Waals surface area contributed by atoms with Gasteiger partial charge in [-0.1, -0.05) is 0 Å². The van der Waals surface area contributed by atoms with Crippen LogP contribution < -0.4 is 5.32 Å². The third-order valence-corrected chi connectivity index (χ3v) is 3.99. The van der Waals surface area contributed by atoms with Crippen molar-refractivity contribution in [3.63, 3.8) is 0 Å². The average Bonchev–Trinajstić information content (AvgIpc) is 2.91. The minimum Gasteiger partial charge on any atom is -0.342 e. The first-order chi connectivity index (χ1) is 9.15. The SMILES string of the molecule is CC(=O)Nc1ccc(SCC(=O)N2CCCC2)cc1. The first-order valence-corrected chi connectivity index (χ1v) is 7.42. The lowest BCUT2D eigenvalue weighted by molar-refractivity contribution is -0.127. The first-order valence-electron chi connectivity index (χ1n) is 6.43. The normalized spacial score (nSPS) is 14.5. The number of nitrogens with zero attached hydrogens (tertiary/aromatic N) is 1. The second-order valence-electron chi connectivity index (χ2n) is 4.58. The van der Waals surface area contributed by atoms with Crippen molar-refractivity contribution in [2.75, 3.05) is 24.2 Å². The Hall–Kier alpha value is -1.49. The fourth-order valence-electron chi connectivity index (χ4n) is 2.04. The number of rotatable bonds is 4.